The summed E-state index contributed by atoms with van der Waals surface area (Å²) in [5.74, 6) is 0.662. The van der Waals surface area contributed by atoms with Gasteiger partial charge in [-0.1, -0.05) is 27.2 Å². The molecule has 0 aliphatic rings. The van der Waals surface area contributed by atoms with Crippen LogP contribution in [0.1, 0.15) is 40.0 Å². The van der Waals surface area contributed by atoms with Crippen molar-refractivity contribution in [3.05, 3.63) is 0 Å². The molecule has 0 aromatic heterocycles. The largest absolute Gasteiger partial charge is 0.329 e. The predicted octanol–water partition coefficient (Wildman–Crippen LogP) is 1.42. The first-order valence-corrected chi connectivity index (χ1v) is 7.72. The van der Waals surface area contributed by atoms with Crippen LogP contribution in [0.2, 0.25) is 0 Å². The molecule has 0 fully saturated rings. The zero-order chi connectivity index (χ0) is 12.6. The standard InChI is InChI=1S/C11H26N2O2S/c1-4-5-8-13(9-7-12)16(14,15)10-6-11(2)3/h11H,4-10,12H2,1-3H3. The number of nitrogens with zero attached hydrogens (tertiary/aromatic N) is 1. The molecule has 0 aliphatic heterocycles. The van der Waals surface area contributed by atoms with Crippen LogP contribution in [0.4, 0.5) is 0 Å². The van der Waals surface area contributed by atoms with Crippen molar-refractivity contribution in [1.29, 1.82) is 0 Å². The quantitative estimate of drug-likeness (QED) is 0.673. The Morgan fingerprint density at radius 1 is 1.25 bits per heavy atom. The maximum absolute atomic E-state index is 12.0. The van der Waals surface area contributed by atoms with Crippen molar-refractivity contribution in [3.63, 3.8) is 0 Å². The van der Waals surface area contributed by atoms with Crippen molar-refractivity contribution in [2.75, 3.05) is 25.4 Å². The Morgan fingerprint density at radius 2 is 1.88 bits per heavy atom. The second kappa shape index (κ2) is 8.03. The Balaban J connectivity index is 4.37. The minimum Gasteiger partial charge on any atom is -0.329 e. The molecule has 0 aromatic rings. The van der Waals surface area contributed by atoms with Gasteiger partial charge in [-0.2, -0.15) is 0 Å². The second-order valence-corrected chi connectivity index (χ2v) is 6.63. The smallest absolute Gasteiger partial charge is 0.214 e. The van der Waals surface area contributed by atoms with Gasteiger partial charge in [0.1, 0.15) is 0 Å². The van der Waals surface area contributed by atoms with E-state index < -0.39 is 10.0 Å². The van der Waals surface area contributed by atoms with Crippen LogP contribution in [-0.2, 0) is 10.0 Å². The van der Waals surface area contributed by atoms with Crippen molar-refractivity contribution in [2.24, 2.45) is 11.7 Å². The minimum atomic E-state index is -3.10. The fourth-order valence-electron chi connectivity index (χ4n) is 1.38. The summed E-state index contributed by atoms with van der Waals surface area (Å²) in [6.07, 6.45) is 2.62. The van der Waals surface area contributed by atoms with Crippen LogP contribution in [0.5, 0.6) is 0 Å². The van der Waals surface area contributed by atoms with Crippen LogP contribution in [0.25, 0.3) is 0 Å². The van der Waals surface area contributed by atoms with E-state index in [-0.39, 0.29) is 5.75 Å². The molecule has 0 amide bonds. The lowest BCUT2D eigenvalue weighted by atomic mass is 10.2. The van der Waals surface area contributed by atoms with E-state index in [2.05, 4.69) is 6.92 Å². The van der Waals surface area contributed by atoms with E-state index in [0.29, 0.717) is 25.6 Å². The Morgan fingerprint density at radius 3 is 2.31 bits per heavy atom. The van der Waals surface area contributed by atoms with Gasteiger partial charge in [-0.15, -0.1) is 0 Å². The van der Waals surface area contributed by atoms with Crippen LogP contribution in [0.15, 0.2) is 0 Å². The summed E-state index contributed by atoms with van der Waals surface area (Å²) in [5.41, 5.74) is 5.45. The molecule has 0 radical (unpaired) electrons. The third kappa shape index (κ3) is 6.45. The van der Waals surface area contributed by atoms with Crippen molar-refractivity contribution in [3.8, 4) is 0 Å². The van der Waals surface area contributed by atoms with Crippen molar-refractivity contribution < 1.29 is 8.42 Å². The van der Waals surface area contributed by atoms with Gasteiger partial charge in [0.25, 0.3) is 0 Å². The van der Waals surface area contributed by atoms with Gasteiger partial charge >= 0.3 is 0 Å². The van der Waals surface area contributed by atoms with Gasteiger partial charge in [0.15, 0.2) is 0 Å². The maximum atomic E-state index is 12.0. The third-order valence-electron chi connectivity index (χ3n) is 2.49. The zero-order valence-electron chi connectivity index (χ0n) is 10.8. The van der Waals surface area contributed by atoms with Gasteiger partial charge in [0.2, 0.25) is 10.0 Å². The lowest BCUT2D eigenvalue weighted by Crippen LogP contribution is -2.37. The Labute approximate surface area is 100 Å². The van der Waals surface area contributed by atoms with Gasteiger partial charge in [-0.25, -0.2) is 12.7 Å². The highest BCUT2D eigenvalue weighted by Gasteiger charge is 2.20. The highest BCUT2D eigenvalue weighted by Crippen LogP contribution is 2.09. The minimum absolute atomic E-state index is 0.244. The third-order valence-corrected chi connectivity index (χ3v) is 4.39. The Kier molecular flexibility index (Phi) is 7.97. The Hall–Kier alpha value is -0.130. The summed E-state index contributed by atoms with van der Waals surface area (Å²) < 4.78 is 25.5. The maximum Gasteiger partial charge on any atom is 0.214 e. The number of sulfonamides is 1. The fourth-order valence-corrected chi connectivity index (χ4v) is 3.20. The van der Waals surface area contributed by atoms with Gasteiger partial charge in [0.05, 0.1) is 5.75 Å². The Bertz CT molecular complexity index is 263. The van der Waals surface area contributed by atoms with E-state index in [9.17, 15) is 8.42 Å². The molecule has 5 heteroatoms. The molecule has 0 saturated carbocycles. The first-order chi connectivity index (χ1) is 7.44. The molecule has 0 heterocycles. The second-order valence-electron chi connectivity index (χ2n) is 4.54. The predicted molar refractivity (Wildman–Crippen MR) is 68.8 cm³/mol. The summed E-state index contributed by atoms with van der Waals surface area (Å²) in [6, 6.07) is 0. The average molecular weight is 250 g/mol. The number of unbranched alkanes of at least 4 members (excludes halogenated alkanes) is 1. The molecule has 98 valence electrons. The summed E-state index contributed by atoms with van der Waals surface area (Å²) in [7, 11) is -3.10. The molecule has 0 atom stereocenters. The molecule has 4 nitrogen and oxygen atoms in total. The van der Waals surface area contributed by atoms with Crippen LogP contribution in [0.3, 0.4) is 0 Å². The van der Waals surface area contributed by atoms with Gasteiger partial charge in [-0.3, -0.25) is 0 Å². The molecule has 0 aromatic carbocycles. The molecule has 0 unspecified atom stereocenters. The normalized spacial score (nSPS) is 12.6. The van der Waals surface area contributed by atoms with Gasteiger partial charge in [-0.05, 0) is 18.8 Å². The van der Waals surface area contributed by atoms with E-state index in [1.165, 1.54) is 0 Å². The van der Waals surface area contributed by atoms with Gasteiger partial charge < -0.3 is 5.73 Å². The SMILES string of the molecule is CCCCN(CCN)S(=O)(=O)CCC(C)C. The molecule has 0 saturated heterocycles. The van der Waals surface area contributed by atoms with E-state index in [0.717, 1.165) is 19.3 Å². The van der Waals surface area contributed by atoms with Crippen molar-refractivity contribution >= 4 is 10.0 Å². The van der Waals surface area contributed by atoms with Crippen LogP contribution >= 0.6 is 0 Å². The van der Waals surface area contributed by atoms with E-state index >= 15 is 0 Å². The van der Waals surface area contributed by atoms with Crippen molar-refractivity contribution in [1.82, 2.24) is 4.31 Å². The molecule has 0 rings (SSSR count). The molecule has 0 spiro atoms. The highest BCUT2D eigenvalue weighted by atomic mass is 32.2. The first kappa shape index (κ1) is 15.9. The first-order valence-electron chi connectivity index (χ1n) is 6.12. The summed E-state index contributed by atoms with van der Waals surface area (Å²) in [4.78, 5) is 0. The summed E-state index contributed by atoms with van der Waals surface area (Å²) >= 11 is 0. The van der Waals surface area contributed by atoms with E-state index in [4.69, 9.17) is 5.73 Å². The van der Waals surface area contributed by atoms with Crippen LogP contribution < -0.4 is 5.73 Å². The number of rotatable bonds is 9. The fraction of sp³-hybridized carbons (Fsp3) is 1.00. The molecule has 0 bridgehead atoms. The lowest BCUT2D eigenvalue weighted by Gasteiger charge is -2.21. The molecular formula is C11H26N2O2S. The van der Waals surface area contributed by atoms with Crippen molar-refractivity contribution in [2.45, 2.75) is 40.0 Å². The number of nitrogens with two attached hydrogens (primary N) is 1. The molecule has 2 N–H and O–H groups in total. The van der Waals surface area contributed by atoms with E-state index in [1.807, 2.05) is 13.8 Å². The lowest BCUT2D eigenvalue weighted by molar-refractivity contribution is 0.407. The van der Waals surface area contributed by atoms with E-state index in [1.54, 1.807) is 4.31 Å². The average Bonchev–Trinajstić information content (AvgIpc) is 2.21. The molecule has 16 heavy (non-hydrogen) atoms. The number of hydrogen-bond donors (Lipinski definition) is 1. The zero-order valence-corrected chi connectivity index (χ0v) is 11.6. The monoisotopic (exact) mass is 250 g/mol. The molecular weight excluding hydrogens is 224 g/mol. The topological polar surface area (TPSA) is 63.4 Å². The highest BCUT2D eigenvalue weighted by molar-refractivity contribution is 7.89. The summed E-state index contributed by atoms with van der Waals surface area (Å²) in [5, 5.41) is 0. The van der Waals surface area contributed by atoms with Crippen LogP contribution in [-0.4, -0.2) is 38.1 Å². The van der Waals surface area contributed by atoms with Crippen LogP contribution in [0, 0.1) is 5.92 Å². The number of hydrogen-bond acceptors (Lipinski definition) is 3. The summed E-state index contributed by atoms with van der Waals surface area (Å²) in [6.45, 7) is 7.57. The molecule has 0 aliphatic carbocycles. The van der Waals surface area contributed by atoms with Gasteiger partial charge in [0, 0.05) is 19.6 Å².